The van der Waals surface area contributed by atoms with Crippen molar-refractivity contribution in [1.29, 1.82) is 0 Å². The Kier molecular flexibility index (Phi) is 5.48. The van der Waals surface area contributed by atoms with Crippen molar-refractivity contribution in [3.8, 4) is 0 Å². The number of aryl methyl sites for hydroxylation is 1. The third-order valence-electron chi connectivity index (χ3n) is 5.52. The van der Waals surface area contributed by atoms with Gasteiger partial charge >= 0.3 is 0 Å². The van der Waals surface area contributed by atoms with Crippen LogP contribution in [0.1, 0.15) is 78.6 Å². The molecule has 0 bridgehead atoms. The van der Waals surface area contributed by atoms with Crippen molar-refractivity contribution in [2.75, 3.05) is 13.1 Å². The molecule has 0 saturated carbocycles. The van der Waals surface area contributed by atoms with Crippen molar-refractivity contribution in [2.45, 2.75) is 65.8 Å². The SMILES string of the molecule is CC(=O)c1c(C)nn(CC(=O)N2CCC(c3cc(C(C)C)n[nH]3)CC2)c1C. The van der Waals surface area contributed by atoms with Crippen LogP contribution in [0.25, 0.3) is 0 Å². The summed E-state index contributed by atoms with van der Waals surface area (Å²) in [5, 5.41) is 11.9. The van der Waals surface area contributed by atoms with Gasteiger partial charge in [-0.15, -0.1) is 0 Å². The van der Waals surface area contributed by atoms with Crippen LogP contribution in [0.2, 0.25) is 0 Å². The molecule has 146 valence electrons. The number of Topliss-reactive ketones (excluding diaryl/α,β-unsaturated/α-hetero) is 1. The van der Waals surface area contributed by atoms with Gasteiger partial charge in [0, 0.05) is 30.4 Å². The zero-order chi connectivity index (χ0) is 19.7. The van der Waals surface area contributed by atoms with Crippen molar-refractivity contribution < 1.29 is 9.59 Å². The van der Waals surface area contributed by atoms with Gasteiger partial charge in [-0.1, -0.05) is 13.8 Å². The maximum atomic E-state index is 12.7. The molecule has 0 spiro atoms. The lowest BCUT2D eigenvalue weighted by Crippen LogP contribution is -2.40. The number of carbonyl (C=O) groups is 2. The minimum absolute atomic E-state index is 0.00941. The lowest BCUT2D eigenvalue weighted by molar-refractivity contribution is -0.133. The first-order chi connectivity index (χ1) is 12.8. The van der Waals surface area contributed by atoms with Gasteiger partial charge in [0.15, 0.2) is 5.78 Å². The quantitative estimate of drug-likeness (QED) is 0.819. The molecule has 0 radical (unpaired) electrons. The first kappa shape index (κ1) is 19.3. The standard InChI is InChI=1S/C20H29N5O2/c1-12(2)17-10-18(22-21-17)16-6-8-24(9-7-16)19(27)11-25-14(4)20(15(5)26)13(3)23-25/h10,12,16H,6-9,11H2,1-5H3,(H,21,22). The fraction of sp³-hybridized carbons (Fsp3) is 0.600. The molecule has 0 aromatic carbocycles. The highest BCUT2D eigenvalue weighted by Gasteiger charge is 2.26. The molecular formula is C20H29N5O2. The summed E-state index contributed by atoms with van der Waals surface area (Å²) in [6.45, 7) is 11.1. The van der Waals surface area contributed by atoms with Crippen LogP contribution in [-0.4, -0.2) is 49.7 Å². The number of nitrogens with zero attached hydrogens (tertiary/aromatic N) is 4. The van der Waals surface area contributed by atoms with Crippen molar-refractivity contribution in [3.63, 3.8) is 0 Å². The van der Waals surface area contributed by atoms with E-state index in [4.69, 9.17) is 0 Å². The summed E-state index contributed by atoms with van der Waals surface area (Å²) in [5.74, 6) is 0.885. The maximum absolute atomic E-state index is 12.7. The number of carbonyl (C=O) groups excluding carboxylic acids is 2. The molecule has 3 heterocycles. The largest absolute Gasteiger partial charge is 0.341 e. The van der Waals surface area contributed by atoms with Crippen molar-refractivity contribution >= 4 is 11.7 Å². The second kappa shape index (κ2) is 7.66. The van der Waals surface area contributed by atoms with Crippen LogP contribution in [-0.2, 0) is 11.3 Å². The molecule has 3 rings (SSSR count). The van der Waals surface area contributed by atoms with Crippen LogP contribution in [0.4, 0.5) is 0 Å². The Morgan fingerprint density at radius 2 is 1.93 bits per heavy atom. The number of rotatable bonds is 5. The average molecular weight is 371 g/mol. The number of hydrogen-bond acceptors (Lipinski definition) is 4. The van der Waals surface area contributed by atoms with E-state index in [1.54, 1.807) is 4.68 Å². The van der Waals surface area contributed by atoms with E-state index in [9.17, 15) is 9.59 Å². The molecule has 1 aliphatic rings. The lowest BCUT2D eigenvalue weighted by Gasteiger charge is -2.31. The van der Waals surface area contributed by atoms with E-state index in [2.05, 4.69) is 35.2 Å². The molecule has 1 aliphatic heterocycles. The van der Waals surface area contributed by atoms with Gasteiger partial charge < -0.3 is 4.90 Å². The Balaban J connectivity index is 1.60. The van der Waals surface area contributed by atoms with E-state index in [0.717, 1.165) is 37.3 Å². The predicted molar refractivity (Wildman–Crippen MR) is 103 cm³/mol. The second-order valence-corrected chi connectivity index (χ2v) is 7.82. The molecule has 7 heteroatoms. The van der Waals surface area contributed by atoms with Gasteiger partial charge in [0.05, 0.1) is 17.0 Å². The highest BCUT2D eigenvalue weighted by molar-refractivity contribution is 5.96. The van der Waals surface area contributed by atoms with E-state index >= 15 is 0 Å². The fourth-order valence-corrected chi connectivity index (χ4v) is 3.89. The number of H-pyrrole nitrogens is 1. The summed E-state index contributed by atoms with van der Waals surface area (Å²) < 4.78 is 1.66. The van der Waals surface area contributed by atoms with Crippen LogP contribution in [0.15, 0.2) is 6.07 Å². The molecule has 1 amide bonds. The number of nitrogens with one attached hydrogen (secondary N) is 1. The molecule has 7 nitrogen and oxygen atoms in total. The summed E-state index contributed by atoms with van der Waals surface area (Å²) in [4.78, 5) is 26.4. The first-order valence-corrected chi connectivity index (χ1v) is 9.65. The van der Waals surface area contributed by atoms with E-state index in [1.165, 1.54) is 12.6 Å². The Hall–Kier alpha value is -2.44. The Bertz CT molecular complexity index is 841. The second-order valence-electron chi connectivity index (χ2n) is 7.82. The fourth-order valence-electron chi connectivity index (χ4n) is 3.89. The Morgan fingerprint density at radius 3 is 2.44 bits per heavy atom. The molecule has 0 atom stereocenters. The Morgan fingerprint density at radius 1 is 1.26 bits per heavy atom. The van der Waals surface area contributed by atoms with Crippen molar-refractivity contribution in [3.05, 3.63) is 34.4 Å². The average Bonchev–Trinajstić information content (AvgIpc) is 3.20. The molecule has 1 fully saturated rings. The zero-order valence-corrected chi connectivity index (χ0v) is 16.9. The Labute approximate surface area is 160 Å². The van der Waals surface area contributed by atoms with Gasteiger partial charge in [-0.25, -0.2) is 0 Å². The molecule has 2 aromatic rings. The highest BCUT2D eigenvalue weighted by Crippen LogP contribution is 2.28. The van der Waals surface area contributed by atoms with Crippen LogP contribution in [0.3, 0.4) is 0 Å². The summed E-state index contributed by atoms with van der Waals surface area (Å²) in [6.07, 6.45) is 1.86. The van der Waals surface area contributed by atoms with Gasteiger partial charge in [0.25, 0.3) is 0 Å². The first-order valence-electron chi connectivity index (χ1n) is 9.65. The van der Waals surface area contributed by atoms with E-state index in [0.29, 0.717) is 23.1 Å². The van der Waals surface area contributed by atoms with Crippen LogP contribution in [0.5, 0.6) is 0 Å². The number of likely N-dealkylation sites (tertiary alicyclic amines) is 1. The van der Waals surface area contributed by atoms with Gasteiger partial charge in [-0.3, -0.25) is 19.4 Å². The molecule has 1 saturated heterocycles. The molecule has 0 unspecified atom stereocenters. The van der Waals surface area contributed by atoms with E-state index in [-0.39, 0.29) is 18.2 Å². The smallest absolute Gasteiger partial charge is 0.244 e. The summed E-state index contributed by atoms with van der Waals surface area (Å²) in [7, 11) is 0. The van der Waals surface area contributed by atoms with Crippen molar-refractivity contribution in [1.82, 2.24) is 24.9 Å². The monoisotopic (exact) mass is 371 g/mol. The topological polar surface area (TPSA) is 83.9 Å². The number of piperidine rings is 1. The number of amides is 1. The summed E-state index contributed by atoms with van der Waals surface area (Å²) >= 11 is 0. The van der Waals surface area contributed by atoms with Gasteiger partial charge in [0.2, 0.25) is 5.91 Å². The van der Waals surface area contributed by atoms with E-state index in [1.807, 2.05) is 18.7 Å². The summed E-state index contributed by atoms with van der Waals surface area (Å²) in [5.41, 5.74) is 4.35. The van der Waals surface area contributed by atoms with Crippen LogP contribution in [0, 0.1) is 13.8 Å². The predicted octanol–water partition coefficient (Wildman–Crippen LogP) is 2.96. The zero-order valence-electron chi connectivity index (χ0n) is 16.9. The number of hydrogen-bond donors (Lipinski definition) is 1. The molecule has 2 aromatic heterocycles. The third kappa shape index (κ3) is 3.96. The minimum atomic E-state index is -0.00941. The molecule has 0 aliphatic carbocycles. The molecular weight excluding hydrogens is 342 g/mol. The third-order valence-corrected chi connectivity index (χ3v) is 5.52. The van der Waals surface area contributed by atoms with Crippen LogP contribution < -0.4 is 0 Å². The minimum Gasteiger partial charge on any atom is -0.341 e. The maximum Gasteiger partial charge on any atom is 0.244 e. The van der Waals surface area contributed by atoms with Gasteiger partial charge in [-0.2, -0.15) is 10.2 Å². The normalized spacial score (nSPS) is 15.6. The van der Waals surface area contributed by atoms with Gasteiger partial charge in [-0.05, 0) is 45.6 Å². The number of ketones is 1. The van der Waals surface area contributed by atoms with E-state index < -0.39 is 0 Å². The lowest BCUT2D eigenvalue weighted by atomic mass is 9.93. The molecule has 1 N–H and O–H groups in total. The number of aromatic amines is 1. The highest BCUT2D eigenvalue weighted by atomic mass is 16.2. The number of aromatic nitrogens is 4. The van der Waals surface area contributed by atoms with Crippen molar-refractivity contribution in [2.24, 2.45) is 0 Å². The van der Waals surface area contributed by atoms with Gasteiger partial charge in [0.1, 0.15) is 6.54 Å². The molecule has 27 heavy (non-hydrogen) atoms. The summed E-state index contributed by atoms with van der Waals surface area (Å²) in [6, 6.07) is 2.16. The van der Waals surface area contributed by atoms with Crippen LogP contribution >= 0.6 is 0 Å².